The first-order valence-corrected chi connectivity index (χ1v) is 9.34. The lowest BCUT2D eigenvalue weighted by Crippen LogP contribution is -2.61. The van der Waals surface area contributed by atoms with Gasteiger partial charge in [-0.25, -0.2) is 0 Å². The van der Waals surface area contributed by atoms with Crippen molar-refractivity contribution in [1.82, 2.24) is 10.2 Å². The maximum atomic E-state index is 6.10. The zero-order chi connectivity index (χ0) is 15.0. The molecule has 1 unspecified atom stereocenters. The summed E-state index contributed by atoms with van der Waals surface area (Å²) in [4.78, 5) is 2.77. The number of hydrogen-bond donors (Lipinski definition) is 1. The average Bonchev–Trinajstić information content (AvgIpc) is 3.03. The summed E-state index contributed by atoms with van der Waals surface area (Å²) in [5.41, 5.74) is 2.11. The molecule has 1 aromatic carbocycles. The summed E-state index contributed by atoms with van der Waals surface area (Å²) in [5.74, 6) is 0.847. The Labute approximate surface area is 139 Å². The van der Waals surface area contributed by atoms with Crippen LogP contribution in [0.1, 0.15) is 50.1 Å². The highest BCUT2D eigenvalue weighted by Gasteiger charge is 2.47. The summed E-state index contributed by atoms with van der Waals surface area (Å²) in [5, 5.41) is 4.37. The van der Waals surface area contributed by atoms with E-state index in [1.807, 2.05) is 0 Å². The van der Waals surface area contributed by atoms with Crippen LogP contribution < -0.4 is 5.32 Å². The van der Waals surface area contributed by atoms with Gasteiger partial charge in [-0.2, -0.15) is 0 Å². The molecular weight excluding hydrogens is 292 g/mol. The van der Waals surface area contributed by atoms with Gasteiger partial charge in [-0.15, -0.1) is 0 Å². The molecule has 2 saturated heterocycles. The molecule has 3 heteroatoms. The van der Waals surface area contributed by atoms with E-state index in [0.29, 0.717) is 11.5 Å². The summed E-state index contributed by atoms with van der Waals surface area (Å²) in [6, 6.07) is 9.29. The fraction of sp³-hybridized carbons (Fsp3) is 0.684. The first-order valence-electron chi connectivity index (χ1n) is 8.96. The van der Waals surface area contributed by atoms with Crippen LogP contribution in [0.25, 0.3) is 0 Å². The van der Waals surface area contributed by atoms with Gasteiger partial charge in [-0.3, -0.25) is 4.90 Å². The molecule has 2 nitrogen and oxygen atoms in total. The minimum atomic E-state index is 0.620. The van der Waals surface area contributed by atoms with Crippen molar-refractivity contribution >= 4 is 11.6 Å². The molecule has 1 aliphatic carbocycles. The van der Waals surface area contributed by atoms with Crippen molar-refractivity contribution in [3.63, 3.8) is 0 Å². The van der Waals surface area contributed by atoms with Gasteiger partial charge in [0.15, 0.2) is 0 Å². The van der Waals surface area contributed by atoms with Gasteiger partial charge < -0.3 is 5.32 Å². The van der Waals surface area contributed by atoms with E-state index in [1.54, 1.807) is 0 Å². The number of likely N-dealkylation sites (tertiary alicyclic amines) is 1. The first kappa shape index (κ1) is 15.0. The smallest absolute Gasteiger partial charge is 0.0406 e. The van der Waals surface area contributed by atoms with Crippen molar-refractivity contribution in [2.45, 2.75) is 44.6 Å². The lowest BCUT2D eigenvalue weighted by atomic mass is 9.70. The monoisotopic (exact) mass is 318 g/mol. The molecule has 120 valence electrons. The van der Waals surface area contributed by atoms with Gasteiger partial charge in [0.1, 0.15) is 0 Å². The fourth-order valence-corrected chi connectivity index (χ4v) is 5.13. The second-order valence-corrected chi connectivity index (χ2v) is 8.13. The highest BCUT2D eigenvalue weighted by atomic mass is 35.5. The van der Waals surface area contributed by atoms with Gasteiger partial charge in [0.05, 0.1) is 0 Å². The van der Waals surface area contributed by atoms with Gasteiger partial charge in [-0.05, 0) is 67.8 Å². The topological polar surface area (TPSA) is 15.3 Å². The second-order valence-electron chi connectivity index (χ2n) is 7.70. The van der Waals surface area contributed by atoms with Crippen molar-refractivity contribution in [3.8, 4) is 0 Å². The molecule has 0 amide bonds. The molecule has 2 aliphatic heterocycles. The largest absolute Gasteiger partial charge is 0.317 e. The maximum absolute atomic E-state index is 6.10. The molecule has 1 spiro atoms. The van der Waals surface area contributed by atoms with Crippen LogP contribution in [-0.2, 0) is 0 Å². The van der Waals surface area contributed by atoms with Gasteiger partial charge in [0, 0.05) is 24.2 Å². The van der Waals surface area contributed by atoms with E-state index >= 15 is 0 Å². The van der Waals surface area contributed by atoms with Crippen molar-refractivity contribution in [1.29, 1.82) is 0 Å². The SMILES string of the molecule is Clc1ccc(C(C2CCCC2)N2CC3(CCNCC3)C2)cc1. The molecule has 0 radical (unpaired) electrons. The highest BCUT2D eigenvalue weighted by molar-refractivity contribution is 6.30. The van der Waals surface area contributed by atoms with Crippen LogP contribution in [0.3, 0.4) is 0 Å². The normalized spacial score (nSPS) is 27.0. The van der Waals surface area contributed by atoms with Gasteiger partial charge >= 0.3 is 0 Å². The van der Waals surface area contributed by atoms with Crippen LogP contribution >= 0.6 is 11.6 Å². The molecule has 3 fully saturated rings. The summed E-state index contributed by atoms with van der Waals surface area (Å²) >= 11 is 6.10. The molecule has 1 aromatic rings. The van der Waals surface area contributed by atoms with Crippen LogP contribution in [0.2, 0.25) is 5.02 Å². The molecule has 1 saturated carbocycles. The lowest BCUT2D eigenvalue weighted by Gasteiger charge is -2.56. The average molecular weight is 319 g/mol. The van der Waals surface area contributed by atoms with E-state index in [4.69, 9.17) is 11.6 Å². The number of piperidine rings is 1. The van der Waals surface area contributed by atoms with E-state index in [9.17, 15) is 0 Å². The molecule has 0 bridgehead atoms. The molecular formula is C19H27ClN2. The summed E-state index contributed by atoms with van der Waals surface area (Å²) < 4.78 is 0. The summed E-state index contributed by atoms with van der Waals surface area (Å²) in [7, 11) is 0. The molecule has 22 heavy (non-hydrogen) atoms. The van der Waals surface area contributed by atoms with Crippen molar-refractivity contribution in [2.75, 3.05) is 26.2 Å². The minimum absolute atomic E-state index is 0.620. The molecule has 1 N–H and O–H groups in total. The van der Waals surface area contributed by atoms with Crippen molar-refractivity contribution < 1.29 is 0 Å². The zero-order valence-electron chi connectivity index (χ0n) is 13.4. The number of nitrogens with zero attached hydrogens (tertiary/aromatic N) is 1. The molecule has 0 aromatic heterocycles. The minimum Gasteiger partial charge on any atom is -0.317 e. The van der Waals surface area contributed by atoms with Crippen LogP contribution in [-0.4, -0.2) is 31.1 Å². The number of benzene rings is 1. The van der Waals surface area contributed by atoms with E-state index < -0.39 is 0 Å². The highest BCUT2D eigenvalue weighted by Crippen LogP contribution is 2.48. The van der Waals surface area contributed by atoms with Crippen LogP contribution in [0.4, 0.5) is 0 Å². The lowest BCUT2D eigenvalue weighted by molar-refractivity contribution is -0.0661. The van der Waals surface area contributed by atoms with Gasteiger partial charge in [0.25, 0.3) is 0 Å². The molecule has 4 rings (SSSR count). The Bertz CT molecular complexity index is 493. The Balaban J connectivity index is 1.52. The number of nitrogens with one attached hydrogen (secondary N) is 1. The Hall–Kier alpha value is -0.570. The predicted molar refractivity (Wildman–Crippen MR) is 92.3 cm³/mol. The third-order valence-corrected chi connectivity index (χ3v) is 6.44. The van der Waals surface area contributed by atoms with Gasteiger partial charge in [0.2, 0.25) is 0 Å². The van der Waals surface area contributed by atoms with E-state index in [-0.39, 0.29) is 0 Å². The maximum Gasteiger partial charge on any atom is 0.0406 e. The number of halogens is 1. The van der Waals surface area contributed by atoms with Crippen molar-refractivity contribution in [2.24, 2.45) is 11.3 Å². The Morgan fingerprint density at radius 1 is 1.05 bits per heavy atom. The molecule has 3 aliphatic rings. The third-order valence-electron chi connectivity index (χ3n) is 6.19. The Kier molecular flexibility index (Phi) is 4.19. The quantitative estimate of drug-likeness (QED) is 0.896. The van der Waals surface area contributed by atoms with Crippen LogP contribution in [0.5, 0.6) is 0 Å². The zero-order valence-corrected chi connectivity index (χ0v) is 14.1. The second kappa shape index (κ2) is 6.14. The van der Waals surface area contributed by atoms with Gasteiger partial charge in [-0.1, -0.05) is 36.6 Å². The first-order chi connectivity index (χ1) is 10.8. The summed E-state index contributed by atoms with van der Waals surface area (Å²) in [6.45, 7) is 5.03. The summed E-state index contributed by atoms with van der Waals surface area (Å²) in [6.07, 6.45) is 8.36. The standard InChI is InChI=1S/C19H27ClN2/c20-17-7-5-16(6-8-17)18(15-3-1-2-4-15)22-13-19(14-22)9-11-21-12-10-19/h5-8,15,18,21H,1-4,9-14H2. The predicted octanol–water partition coefficient (Wildman–Crippen LogP) is 4.26. The fourth-order valence-electron chi connectivity index (χ4n) is 5.00. The number of rotatable bonds is 3. The molecule has 2 heterocycles. The Morgan fingerprint density at radius 2 is 1.68 bits per heavy atom. The number of hydrogen-bond acceptors (Lipinski definition) is 2. The van der Waals surface area contributed by atoms with E-state index in [0.717, 1.165) is 10.9 Å². The Morgan fingerprint density at radius 3 is 2.32 bits per heavy atom. The van der Waals surface area contributed by atoms with Crippen LogP contribution in [0, 0.1) is 11.3 Å². The van der Waals surface area contributed by atoms with E-state index in [2.05, 4.69) is 34.5 Å². The van der Waals surface area contributed by atoms with Crippen LogP contribution in [0.15, 0.2) is 24.3 Å². The van der Waals surface area contributed by atoms with E-state index in [1.165, 1.54) is 70.3 Å². The van der Waals surface area contributed by atoms with Crippen molar-refractivity contribution in [3.05, 3.63) is 34.9 Å². The molecule has 1 atom stereocenters. The third kappa shape index (κ3) is 2.81.